The molecule has 6 nitrogen and oxygen atoms in total. The van der Waals surface area contributed by atoms with E-state index in [1.165, 1.54) is 11.8 Å². The molecule has 0 aliphatic rings. The number of ether oxygens (including phenoxy) is 2. The minimum atomic E-state index is -1.01. The van der Waals surface area contributed by atoms with Crippen LogP contribution in [0.25, 0.3) is 0 Å². The number of thioether (sulfide) groups is 1. The molecule has 1 unspecified atom stereocenters. The van der Waals surface area contributed by atoms with Gasteiger partial charge in [0, 0.05) is 18.3 Å². The molecule has 2 aromatic carbocycles. The summed E-state index contributed by atoms with van der Waals surface area (Å²) in [6.45, 7) is 9.51. The maximum Gasteiger partial charge on any atom is 0.317 e. The van der Waals surface area contributed by atoms with E-state index in [4.69, 9.17) is 9.47 Å². The number of nitrogens with zero attached hydrogens (tertiary/aromatic N) is 1. The van der Waals surface area contributed by atoms with Gasteiger partial charge in [-0.3, -0.25) is 14.6 Å². The fourth-order valence-electron chi connectivity index (χ4n) is 2.86. The summed E-state index contributed by atoms with van der Waals surface area (Å²) in [5.41, 5.74) is 1.70. The zero-order valence-electron chi connectivity index (χ0n) is 22.4. The Labute approximate surface area is 234 Å². The van der Waals surface area contributed by atoms with E-state index in [-0.39, 0.29) is 11.7 Å². The van der Waals surface area contributed by atoms with E-state index in [2.05, 4.69) is 32.8 Å². The van der Waals surface area contributed by atoms with Gasteiger partial charge in [-0.05, 0) is 50.2 Å². The molecule has 1 amide bonds. The monoisotopic (exact) mass is 590 g/mol. The maximum absolute atomic E-state index is 12.9. The molecule has 0 radical (unpaired) electrons. The molecule has 0 aliphatic carbocycles. The van der Waals surface area contributed by atoms with Crippen LogP contribution in [0.2, 0.25) is 0 Å². The normalized spacial score (nSPS) is 11.2. The van der Waals surface area contributed by atoms with Crippen molar-refractivity contribution in [1.29, 1.82) is 0 Å². The quantitative estimate of drug-likeness (QED) is 0.126. The van der Waals surface area contributed by atoms with E-state index < -0.39 is 12.1 Å². The number of rotatable bonds is 12. The number of amides is 1. The highest BCUT2D eigenvalue weighted by atomic mass is 79.9. The van der Waals surface area contributed by atoms with E-state index >= 15 is 0 Å². The number of benzene rings is 2. The summed E-state index contributed by atoms with van der Waals surface area (Å²) in [6, 6.07) is 16.7. The zero-order valence-corrected chi connectivity index (χ0v) is 24.8. The molecule has 0 aromatic heterocycles. The van der Waals surface area contributed by atoms with Gasteiger partial charge < -0.3 is 14.8 Å². The third-order valence-corrected chi connectivity index (χ3v) is 5.38. The molecular weight excluding hydrogens is 552 g/mol. The van der Waals surface area contributed by atoms with Crippen LogP contribution in [0.3, 0.4) is 0 Å². The number of nitrogens with one attached hydrogen (secondary N) is 1. The maximum atomic E-state index is 12.9. The van der Waals surface area contributed by atoms with E-state index in [0.29, 0.717) is 18.5 Å². The topological polar surface area (TPSA) is 77.0 Å². The molecule has 2 rings (SSSR count). The van der Waals surface area contributed by atoms with Crippen molar-refractivity contribution in [2.24, 2.45) is 4.99 Å². The van der Waals surface area contributed by atoms with Crippen molar-refractivity contribution >= 4 is 45.8 Å². The summed E-state index contributed by atoms with van der Waals surface area (Å²) in [5.74, 6) is 1.85. The Balaban J connectivity index is 0.00000241. The van der Waals surface area contributed by atoms with Crippen LogP contribution in [0.4, 0.5) is 0 Å². The first-order valence-corrected chi connectivity index (χ1v) is 14.5. The molecular formula is C29H39BrN2O4S. The second kappa shape index (κ2) is 22.4. The summed E-state index contributed by atoms with van der Waals surface area (Å²) < 4.78 is 10.7. The Morgan fingerprint density at radius 2 is 1.73 bits per heavy atom. The van der Waals surface area contributed by atoms with Crippen molar-refractivity contribution < 1.29 is 19.1 Å². The Kier molecular flexibility index (Phi) is 20.6. The van der Waals surface area contributed by atoms with Crippen molar-refractivity contribution in [2.75, 3.05) is 25.2 Å². The molecule has 0 saturated carbocycles. The summed E-state index contributed by atoms with van der Waals surface area (Å²) in [5, 5.41) is 3.64. The number of alkyl halides is 1. The highest BCUT2D eigenvalue weighted by Crippen LogP contribution is 2.22. The van der Waals surface area contributed by atoms with E-state index in [9.17, 15) is 9.59 Å². The molecule has 37 heavy (non-hydrogen) atoms. The van der Waals surface area contributed by atoms with Gasteiger partial charge in [0.1, 0.15) is 5.75 Å². The molecule has 1 N–H and O–H groups in total. The largest absolute Gasteiger partial charge is 0.497 e. The second-order valence-electron chi connectivity index (χ2n) is 7.20. The lowest BCUT2D eigenvalue weighted by Crippen LogP contribution is -2.33. The number of allylic oxidation sites excluding steroid dienone is 2. The summed E-state index contributed by atoms with van der Waals surface area (Å²) >= 11 is 4.23. The molecule has 0 saturated heterocycles. The van der Waals surface area contributed by atoms with Crippen molar-refractivity contribution in [3.8, 4) is 5.75 Å². The number of carbonyl (C=O) groups is 2. The van der Waals surface area contributed by atoms with Crippen LogP contribution in [0.15, 0.2) is 83.3 Å². The number of esters is 1. The molecule has 0 spiro atoms. The fraction of sp³-hybridized carbons (Fsp3) is 0.345. The summed E-state index contributed by atoms with van der Waals surface area (Å²) in [4.78, 5) is 29.6. The Morgan fingerprint density at radius 3 is 2.27 bits per heavy atom. The van der Waals surface area contributed by atoms with Crippen LogP contribution in [0.5, 0.6) is 5.75 Å². The highest BCUT2D eigenvalue weighted by molar-refractivity contribution is 9.08. The van der Waals surface area contributed by atoms with Crippen LogP contribution < -0.4 is 10.1 Å². The van der Waals surface area contributed by atoms with Crippen LogP contribution in [-0.2, 0) is 20.7 Å². The first-order valence-electron chi connectivity index (χ1n) is 11.9. The zero-order chi connectivity index (χ0) is 27.9. The number of aliphatic imine (C=N–C) groups is 1. The number of hydrogen-bond acceptors (Lipinski definition) is 6. The van der Waals surface area contributed by atoms with Gasteiger partial charge in [-0.1, -0.05) is 89.2 Å². The Morgan fingerprint density at radius 1 is 1.11 bits per heavy atom. The van der Waals surface area contributed by atoms with Gasteiger partial charge in [0.2, 0.25) is 6.10 Å². The van der Waals surface area contributed by atoms with Crippen LogP contribution in [0.1, 0.15) is 44.4 Å². The minimum absolute atomic E-state index is 0.0750. The predicted molar refractivity (Wildman–Crippen MR) is 161 cm³/mol. The third-order valence-electron chi connectivity index (χ3n) is 4.43. The van der Waals surface area contributed by atoms with Gasteiger partial charge in [-0.2, -0.15) is 0 Å². The molecule has 0 heterocycles. The van der Waals surface area contributed by atoms with Gasteiger partial charge >= 0.3 is 5.97 Å². The SMILES string of the molecule is C/C=N\C(=C\CC)SCC(=O)OC(C(=O)NCCc1ccc(OC)cc1)c1ccccc1.C=CC.CBr. The van der Waals surface area contributed by atoms with Crippen LogP contribution in [0, 0.1) is 0 Å². The van der Waals surface area contributed by atoms with Crippen LogP contribution in [-0.4, -0.2) is 43.3 Å². The second-order valence-corrected chi connectivity index (χ2v) is 8.20. The van der Waals surface area contributed by atoms with Gasteiger partial charge in [-0.15, -0.1) is 6.58 Å². The summed E-state index contributed by atoms with van der Waals surface area (Å²) in [6.07, 6.45) is 5.84. The number of hydrogen-bond donors (Lipinski definition) is 1. The third kappa shape index (κ3) is 15.1. The standard InChI is InChI=1S/C25H30N2O4S.C3H6.CH3Br/c1-4-9-22(26-5-2)32-18-23(28)31-24(20-10-7-6-8-11-20)25(29)27-17-16-19-12-14-21(30-3)15-13-19;1-3-2;1-2/h5-15,24H,4,16-18H2,1-3H3,(H,27,29);3H,1H2,2H3;1H3/b22-9-,26-5-;;. The Bertz CT molecular complexity index is 964. The van der Waals surface area contributed by atoms with Gasteiger partial charge in [0.25, 0.3) is 5.91 Å². The van der Waals surface area contributed by atoms with Crippen LogP contribution >= 0.6 is 27.7 Å². The fourth-order valence-corrected chi connectivity index (χ4v) is 3.66. The number of halogens is 1. The predicted octanol–water partition coefficient (Wildman–Crippen LogP) is 6.92. The Hall–Kier alpha value is -2.84. The first-order chi connectivity index (χ1) is 18.0. The first kappa shape index (κ1) is 34.2. The smallest absolute Gasteiger partial charge is 0.317 e. The lowest BCUT2D eigenvalue weighted by Gasteiger charge is -2.18. The highest BCUT2D eigenvalue weighted by Gasteiger charge is 2.24. The van der Waals surface area contributed by atoms with Crippen molar-refractivity contribution in [3.63, 3.8) is 0 Å². The molecule has 0 fully saturated rings. The van der Waals surface area contributed by atoms with E-state index in [1.54, 1.807) is 31.5 Å². The van der Waals surface area contributed by atoms with Gasteiger partial charge in [0.15, 0.2) is 0 Å². The van der Waals surface area contributed by atoms with Gasteiger partial charge in [-0.25, -0.2) is 0 Å². The molecule has 1 atom stereocenters. The molecule has 8 heteroatoms. The molecule has 0 aliphatic heterocycles. The van der Waals surface area contributed by atoms with Crippen molar-refractivity contribution in [3.05, 3.63) is 89.5 Å². The van der Waals surface area contributed by atoms with E-state index in [0.717, 1.165) is 22.8 Å². The summed E-state index contributed by atoms with van der Waals surface area (Å²) in [7, 11) is 1.62. The lowest BCUT2D eigenvalue weighted by atomic mass is 10.1. The van der Waals surface area contributed by atoms with E-state index in [1.807, 2.05) is 75.1 Å². The number of methoxy groups -OCH3 is 1. The average molecular weight is 592 g/mol. The molecule has 2 aromatic rings. The molecule has 0 bridgehead atoms. The molecule has 202 valence electrons. The number of carbonyl (C=O) groups excluding carboxylic acids is 2. The average Bonchev–Trinajstić information content (AvgIpc) is 2.93. The van der Waals surface area contributed by atoms with Crippen molar-refractivity contribution in [1.82, 2.24) is 5.32 Å². The van der Waals surface area contributed by atoms with Crippen molar-refractivity contribution in [2.45, 2.75) is 39.7 Å². The van der Waals surface area contributed by atoms with Gasteiger partial charge in [0.05, 0.1) is 17.9 Å². The lowest BCUT2D eigenvalue weighted by molar-refractivity contribution is -0.153. The minimum Gasteiger partial charge on any atom is -0.497 e.